The number of benzene rings is 1. The first kappa shape index (κ1) is 14.6. The third kappa shape index (κ3) is 3.20. The van der Waals surface area contributed by atoms with Crippen LogP contribution in [-0.2, 0) is 4.79 Å². The summed E-state index contributed by atoms with van der Waals surface area (Å²) in [6.07, 6.45) is 0. The Kier molecular flexibility index (Phi) is 4.68. The first-order valence-electron chi connectivity index (χ1n) is 6.10. The molecule has 4 nitrogen and oxygen atoms in total. The van der Waals surface area contributed by atoms with Gasteiger partial charge in [-0.05, 0) is 13.1 Å². The molecule has 1 aromatic rings. The van der Waals surface area contributed by atoms with Gasteiger partial charge in [-0.2, -0.15) is 0 Å². The normalized spacial score (nSPS) is 19.3. The number of rotatable bonds is 3. The molecule has 0 radical (unpaired) electrons. The average molecular weight is 303 g/mol. The summed E-state index contributed by atoms with van der Waals surface area (Å²) in [6, 6.07) is 4.39. The number of nitrogens with zero attached hydrogens (tertiary/aromatic N) is 2. The number of hydrogen-bond donors (Lipinski definition) is 1. The van der Waals surface area contributed by atoms with E-state index >= 15 is 0 Å². The van der Waals surface area contributed by atoms with Gasteiger partial charge in [0.25, 0.3) is 0 Å². The standard InChI is InChI=1S/C13H16Cl2N2O2/c1-16-5-7-17(8-6-16)12(13(18)19)9-3-2-4-10(14)11(9)15/h2-4,12H,5-8H2,1H3,(H,18,19). The Bertz CT molecular complexity index is 474. The predicted molar refractivity (Wildman–Crippen MR) is 75.9 cm³/mol. The van der Waals surface area contributed by atoms with Gasteiger partial charge < -0.3 is 10.0 Å². The summed E-state index contributed by atoms with van der Waals surface area (Å²) in [6.45, 7) is 3.11. The van der Waals surface area contributed by atoms with E-state index < -0.39 is 12.0 Å². The van der Waals surface area contributed by atoms with Gasteiger partial charge >= 0.3 is 5.97 Å². The Hall–Kier alpha value is -0.810. The topological polar surface area (TPSA) is 43.8 Å². The fraction of sp³-hybridized carbons (Fsp3) is 0.462. The maximum atomic E-state index is 11.6. The minimum Gasteiger partial charge on any atom is -0.480 e. The van der Waals surface area contributed by atoms with Crippen LogP contribution in [0.3, 0.4) is 0 Å². The van der Waals surface area contributed by atoms with E-state index in [1.807, 2.05) is 11.9 Å². The maximum Gasteiger partial charge on any atom is 0.325 e. The summed E-state index contributed by atoms with van der Waals surface area (Å²) in [5.41, 5.74) is 0.561. The molecule has 1 heterocycles. The Balaban J connectivity index is 2.30. The molecule has 1 aliphatic heterocycles. The van der Waals surface area contributed by atoms with E-state index in [-0.39, 0.29) is 0 Å². The second kappa shape index (κ2) is 6.09. The van der Waals surface area contributed by atoms with E-state index in [2.05, 4.69) is 4.90 Å². The number of likely N-dealkylation sites (N-methyl/N-ethyl adjacent to an activating group) is 1. The van der Waals surface area contributed by atoms with Gasteiger partial charge in [-0.3, -0.25) is 9.69 Å². The van der Waals surface area contributed by atoms with Gasteiger partial charge in [-0.1, -0.05) is 35.3 Å². The monoisotopic (exact) mass is 302 g/mol. The fourth-order valence-electron chi connectivity index (χ4n) is 2.30. The molecule has 6 heteroatoms. The summed E-state index contributed by atoms with van der Waals surface area (Å²) in [4.78, 5) is 15.7. The van der Waals surface area contributed by atoms with Crippen LogP contribution in [0.4, 0.5) is 0 Å². The second-order valence-electron chi connectivity index (χ2n) is 4.72. The first-order chi connectivity index (χ1) is 9.00. The zero-order valence-electron chi connectivity index (χ0n) is 10.6. The van der Waals surface area contributed by atoms with Crippen molar-refractivity contribution in [1.29, 1.82) is 0 Å². The van der Waals surface area contributed by atoms with Crippen LogP contribution in [0.15, 0.2) is 18.2 Å². The Morgan fingerprint density at radius 3 is 2.47 bits per heavy atom. The third-order valence-electron chi connectivity index (χ3n) is 3.41. The van der Waals surface area contributed by atoms with Gasteiger partial charge in [-0.15, -0.1) is 0 Å². The zero-order valence-corrected chi connectivity index (χ0v) is 12.2. The van der Waals surface area contributed by atoms with E-state index in [1.54, 1.807) is 18.2 Å². The minimum atomic E-state index is -0.895. The lowest BCUT2D eigenvalue weighted by Crippen LogP contribution is -2.47. The number of carbonyl (C=O) groups is 1. The molecule has 1 aromatic carbocycles. The van der Waals surface area contributed by atoms with E-state index in [9.17, 15) is 9.90 Å². The van der Waals surface area contributed by atoms with Crippen molar-refractivity contribution in [3.05, 3.63) is 33.8 Å². The lowest BCUT2D eigenvalue weighted by Gasteiger charge is -2.36. The summed E-state index contributed by atoms with van der Waals surface area (Å²) in [5.74, 6) is -0.895. The fourth-order valence-corrected chi connectivity index (χ4v) is 2.71. The second-order valence-corrected chi connectivity index (χ2v) is 5.51. The predicted octanol–water partition coefficient (Wildman–Crippen LogP) is 2.37. The van der Waals surface area contributed by atoms with Crippen LogP contribution in [0.25, 0.3) is 0 Å². The van der Waals surface area contributed by atoms with Crippen LogP contribution < -0.4 is 0 Å². The van der Waals surface area contributed by atoms with Crippen molar-refractivity contribution in [3.8, 4) is 0 Å². The molecule has 0 spiro atoms. The molecule has 0 aliphatic carbocycles. The van der Waals surface area contributed by atoms with Crippen molar-refractivity contribution >= 4 is 29.2 Å². The van der Waals surface area contributed by atoms with Crippen LogP contribution in [-0.4, -0.2) is 54.1 Å². The van der Waals surface area contributed by atoms with Gasteiger partial charge in [0.15, 0.2) is 0 Å². The first-order valence-corrected chi connectivity index (χ1v) is 6.85. The highest BCUT2D eigenvalue weighted by Gasteiger charge is 2.31. The Morgan fingerprint density at radius 1 is 1.26 bits per heavy atom. The number of hydrogen-bond acceptors (Lipinski definition) is 3. The summed E-state index contributed by atoms with van der Waals surface area (Å²) in [7, 11) is 2.03. The Morgan fingerprint density at radius 2 is 1.89 bits per heavy atom. The molecule has 2 rings (SSSR count). The van der Waals surface area contributed by atoms with Crippen LogP contribution in [0, 0.1) is 0 Å². The maximum absolute atomic E-state index is 11.6. The molecule has 1 unspecified atom stereocenters. The molecule has 1 fully saturated rings. The molecular weight excluding hydrogens is 287 g/mol. The van der Waals surface area contributed by atoms with E-state index in [4.69, 9.17) is 23.2 Å². The molecule has 104 valence electrons. The van der Waals surface area contributed by atoms with Gasteiger partial charge in [0.05, 0.1) is 10.0 Å². The molecule has 0 amide bonds. The molecule has 0 saturated carbocycles. The van der Waals surface area contributed by atoms with Gasteiger partial charge in [-0.25, -0.2) is 0 Å². The molecule has 1 N–H and O–H groups in total. The molecule has 1 saturated heterocycles. The number of aliphatic carboxylic acids is 1. The van der Waals surface area contributed by atoms with Crippen molar-refractivity contribution in [1.82, 2.24) is 9.80 Å². The van der Waals surface area contributed by atoms with Crippen LogP contribution in [0.5, 0.6) is 0 Å². The molecule has 19 heavy (non-hydrogen) atoms. The third-order valence-corrected chi connectivity index (χ3v) is 4.25. The minimum absolute atomic E-state index is 0.329. The zero-order chi connectivity index (χ0) is 14.0. The van der Waals surface area contributed by atoms with E-state index in [0.717, 1.165) is 13.1 Å². The van der Waals surface area contributed by atoms with E-state index in [0.29, 0.717) is 28.7 Å². The number of piperazine rings is 1. The summed E-state index contributed by atoms with van der Waals surface area (Å²) in [5, 5.41) is 10.2. The van der Waals surface area contributed by atoms with Crippen molar-refractivity contribution in [2.45, 2.75) is 6.04 Å². The van der Waals surface area contributed by atoms with Crippen molar-refractivity contribution in [2.75, 3.05) is 33.2 Å². The highest BCUT2D eigenvalue weighted by Crippen LogP contribution is 2.33. The van der Waals surface area contributed by atoms with Crippen LogP contribution in [0.1, 0.15) is 11.6 Å². The van der Waals surface area contributed by atoms with Gasteiger partial charge in [0.2, 0.25) is 0 Å². The van der Waals surface area contributed by atoms with Crippen LogP contribution in [0.2, 0.25) is 10.0 Å². The van der Waals surface area contributed by atoms with Crippen molar-refractivity contribution in [2.24, 2.45) is 0 Å². The average Bonchev–Trinajstić information content (AvgIpc) is 2.37. The largest absolute Gasteiger partial charge is 0.480 e. The van der Waals surface area contributed by atoms with Crippen LogP contribution >= 0.6 is 23.2 Å². The highest BCUT2D eigenvalue weighted by molar-refractivity contribution is 6.42. The molecule has 1 atom stereocenters. The lowest BCUT2D eigenvalue weighted by atomic mass is 10.0. The molecule has 0 aromatic heterocycles. The van der Waals surface area contributed by atoms with Crippen molar-refractivity contribution < 1.29 is 9.90 Å². The lowest BCUT2D eigenvalue weighted by molar-refractivity contribution is -0.144. The molecular formula is C13H16Cl2N2O2. The Labute approximate surface area is 122 Å². The quantitative estimate of drug-likeness (QED) is 0.931. The summed E-state index contributed by atoms with van der Waals surface area (Å²) >= 11 is 12.1. The summed E-state index contributed by atoms with van der Waals surface area (Å²) < 4.78 is 0. The molecule has 1 aliphatic rings. The SMILES string of the molecule is CN1CCN(C(C(=O)O)c2cccc(Cl)c2Cl)CC1. The van der Waals surface area contributed by atoms with E-state index in [1.165, 1.54) is 0 Å². The number of carboxylic acid groups (broad SMARTS) is 1. The van der Waals surface area contributed by atoms with Crippen molar-refractivity contribution in [3.63, 3.8) is 0 Å². The van der Waals surface area contributed by atoms with Gasteiger partial charge in [0.1, 0.15) is 6.04 Å². The van der Waals surface area contributed by atoms with Gasteiger partial charge in [0, 0.05) is 31.7 Å². The number of halogens is 2. The smallest absolute Gasteiger partial charge is 0.325 e. The highest BCUT2D eigenvalue weighted by atomic mass is 35.5. The molecule has 0 bridgehead atoms. The number of carboxylic acids is 1.